The Morgan fingerprint density at radius 1 is 1.03 bits per heavy atom. The lowest BCUT2D eigenvalue weighted by molar-refractivity contribution is -0.136. The number of amides is 2. The zero-order chi connectivity index (χ0) is 21.8. The van der Waals surface area contributed by atoms with E-state index in [9.17, 15) is 14.4 Å². The Bertz CT molecular complexity index is 1190. The summed E-state index contributed by atoms with van der Waals surface area (Å²) in [7, 11) is 1.30. The van der Waals surface area contributed by atoms with Crippen LogP contribution in [-0.4, -0.2) is 31.1 Å². The highest BCUT2D eigenvalue weighted by Gasteiger charge is 2.28. The predicted molar refractivity (Wildman–Crippen MR) is 121 cm³/mol. The predicted octanol–water partition coefficient (Wildman–Crippen LogP) is 3.66. The second-order valence-corrected chi connectivity index (χ2v) is 8.23. The molecule has 0 aliphatic heterocycles. The number of aryl methyl sites for hydroxylation is 1. The fourth-order valence-corrected chi connectivity index (χ4v) is 4.98. The largest absolute Gasteiger partial charge is 0.465 e. The number of methoxy groups -OCH3 is 1. The molecule has 2 aromatic carbocycles. The van der Waals surface area contributed by atoms with Gasteiger partial charge in [-0.05, 0) is 42.0 Å². The molecule has 1 aliphatic rings. The van der Waals surface area contributed by atoms with Crippen LogP contribution in [0.2, 0.25) is 0 Å². The summed E-state index contributed by atoms with van der Waals surface area (Å²) in [6, 6.07) is 13.6. The Hall–Kier alpha value is -3.52. The van der Waals surface area contributed by atoms with Gasteiger partial charge in [0, 0.05) is 10.4 Å². The Kier molecular flexibility index (Phi) is 6.08. The first kappa shape index (κ1) is 20.7. The number of nitrogens with zero attached hydrogens (tertiary/aromatic N) is 1. The molecular formula is C23H21N3O4S. The van der Waals surface area contributed by atoms with Crippen LogP contribution in [0.4, 0.5) is 5.00 Å². The molecule has 0 saturated heterocycles. The smallest absolute Gasteiger partial charge is 0.341 e. The van der Waals surface area contributed by atoms with Gasteiger partial charge in [-0.1, -0.05) is 42.5 Å². The molecule has 31 heavy (non-hydrogen) atoms. The number of fused-ring (bicyclic) bond motifs is 2. The molecule has 0 bridgehead atoms. The van der Waals surface area contributed by atoms with Crippen molar-refractivity contribution in [3.8, 4) is 0 Å². The van der Waals surface area contributed by atoms with Crippen molar-refractivity contribution in [2.45, 2.75) is 25.7 Å². The van der Waals surface area contributed by atoms with Crippen LogP contribution in [0.15, 0.2) is 47.6 Å². The SMILES string of the molecule is COC(=O)c1c(NC(=O)C(=O)N/N=C/c2cccc3ccccc23)sc2c1CCCC2. The average molecular weight is 436 g/mol. The summed E-state index contributed by atoms with van der Waals surface area (Å²) in [5, 5.41) is 8.85. The molecule has 1 heterocycles. The number of hydrogen-bond donors (Lipinski definition) is 2. The number of thiophene rings is 1. The molecule has 2 amide bonds. The van der Waals surface area contributed by atoms with E-state index in [2.05, 4.69) is 15.8 Å². The first-order valence-electron chi connectivity index (χ1n) is 9.93. The standard InChI is InChI=1S/C23H21N3O4S/c1-30-23(29)19-17-11-4-5-12-18(17)31-22(19)25-20(27)21(28)26-24-13-15-9-6-8-14-7-2-3-10-16(14)15/h2-3,6-10,13H,4-5,11-12H2,1H3,(H,25,27)(H,26,28)/b24-13+. The summed E-state index contributed by atoms with van der Waals surface area (Å²) in [6.45, 7) is 0. The molecule has 0 fully saturated rings. The van der Waals surface area contributed by atoms with Gasteiger partial charge in [0.05, 0.1) is 18.9 Å². The van der Waals surface area contributed by atoms with Gasteiger partial charge >= 0.3 is 17.8 Å². The van der Waals surface area contributed by atoms with Gasteiger partial charge in [0.15, 0.2) is 0 Å². The highest BCUT2D eigenvalue weighted by molar-refractivity contribution is 7.17. The number of anilines is 1. The van der Waals surface area contributed by atoms with E-state index in [1.54, 1.807) is 0 Å². The number of carbonyl (C=O) groups is 3. The van der Waals surface area contributed by atoms with Crippen molar-refractivity contribution in [3.63, 3.8) is 0 Å². The average Bonchev–Trinajstić information content (AvgIpc) is 3.16. The second-order valence-electron chi connectivity index (χ2n) is 7.13. The molecule has 1 aliphatic carbocycles. The van der Waals surface area contributed by atoms with Crippen molar-refractivity contribution in [2.24, 2.45) is 5.10 Å². The Labute approximate surface area is 183 Å². The van der Waals surface area contributed by atoms with Crippen molar-refractivity contribution in [3.05, 3.63) is 64.0 Å². The second kappa shape index (κ2) is 9.09. The molecule has 0 saturated carbocycles. The van der Waals surface area contributed by atoms with Crippen LogP contribution < -0.4 is 10.7 Å². The molecule has 0 radical (unpaired) electrons. The minimum absolute atomic E-state index is 0.344. The Morgan fingerprint density at radius 2 is 1.81 bits per heavy atom. The van der Waals surface area contributed by atoms with Gasteiger partial charge in [-0.15, -0.1) is 11.3 Å². The molecule has 4 rings (SSSR count). The summed E-state index contributed by atoms with van der Waals surface area (Å²) in [5.74, 6) is -2.32. The van der Waals surface area contributed by atoms with Crippen LogP contribution in [0, 0.1) is 0 Å². The third-order valence-corrected chi connectivity index (χ3v) is 6.39. The lowest BCUT2D eigenvalue weighted by atomic mass is 9.95. The minimum Gasteiger partial charge on any atom is -0.465 e. The van der Waals surface area contributed by atoms with Gasteiger partial charge in [-0.3, -0.25) is 9.59 Å². The van der Waals surface area contributed by atoms with Crippen LogP contribution >= 0.6 is 11.3 Å². The number of benzene rings is 2. The number of esters is 1. The van der Waals surface area contributed by atoms with E-state index in [-0.39, 0.29) is 0 Å². The zero-order valence-electron chi connectivity index (χ0n) is 16.9. The van der Waals surface area contributed by atoms with Gasteiger partial charge in [0.25, 0.3) is 0 Å². The quantitative estimate of drug-likeness (QED) is 0.283. The van der Waals surface area contributed by atoms with Crippen molar-refractivity contribution < 1.29 is 19.1 Å². The fourth-order valence-electron chi connectivity index (χ4n) is 3.71. The summed E-state index contributed by atoms with van der Waals surface area (Å²) in [5.41, 5.74) is 4.32. The van der Waals surface area contributed by atoms with E-state index in [1.165, 1.54) is 24.7 Å². The van der Waals surface area contributed by atoms with Gasteiger partial charge in [0.2, 0.25) is 0 Å². The maximum absolute atomic E-state index is 12.4. The number of rotatable bonds is 4. The van der Waals surface area contributed by atoms with Gasteiger partial charge in [-0.2, -0.15) is 5.10 Å². The van der Waals surface area contributed by atoms with Crippen LogP contribution in [0.25, 0.3) is 10.8 Å². The maximum Gasteiger partial charge on any atom is 0.341 e. The third-order valence-electron chi connectivity index (χ3n) is 5.19. The summed E-state index contributed by atoms with van der Waals surface area (Å²) < 4.78 is 4.88. The number of nitrogens with one attached hydrogen (secondary N) is 2. The van der Waals surface area contributed by atoms with Gasteiger partial charge < -0.3 is 10.1 Å². The van der Waals surface area contributed by atoms with E-state index in [0.29, 0.717) is 10.6 Å². The lowest BCUT2D eigenvalue weighted by Gasteiger charge is -2.11. The van der Waals surface area contributed by atoms with Gasteiger partial charge in [0.1, 0.15) is 5.00 Å². The first-order valence-corrected chi connectivity index (χ1v) is 10.7. The summed E-state index contributed by atoms with van der Waals surface area (Å²) in [6.07, 6.45) is 5.11. The van der Waals surface area contributed by atoms with E-state index >= 15 is 0 Å². The van der Waals surface area contributed by atoms with Crippen LogP contribution in [0.1, 0.15) is 39.2 Å². The van der Waals surface area contributed by atoms with E-state index < -0.39 is 17.8 Å². The van der Waals surface area contributed by atoms with Crippen molar-refractivity contribution >= 4 is 51.1 Å². The number of hydrogen-bond acceptors (Lipinski definition) is 6. The van der Waals surface area contributed by atoms with Crippen LogP contribution in [0.5, 0.6) is 0 Å². The molecule has 3 aromatic rings. The molecule has 0 atom stereocenters. The summed E-state index contributed by atoms with van der Waals surface area (Å²) >= 11 is 1.32. The topological polar surface area (TPSA) is 96.9 Å². The van der Waals surface area contributed by atoms with Crippen LogP contribution in [0.3, 0.4) is 0 Å². The molecular weight excluding hydrogens is 414 g/mol. The molecule has 8 heteroatoms. The first-order chi connectivity index (χ1) is 15.1. The monoisotopic (exact) mass is 435 g/mol. The number of carbonyl (C=O) groups excluding carboxylic acids is 3. The van der Waals surface area contributed by atoms with Gasteiger partial charge in [-0.25, -0.2) is 10.2 Å². The van der Waals surface area contributed by atoms with Crippen molar-refractivity contribution in [2.75, 3.05) is 12.4 Å². The van der Waals surface area contributed by atoms with E-state index in [4.69, 9.17) is 4.74 Å². The molecule has 7 nitrogen and oxygen atoms in total. The highest BCUT2D eigenvalue weighted by atomic mass is 32.1. The maximum atomic E-state index is 12.4. The number of ether oxygens (including phenoxy) is 1. The molecule has 1 aromatic heterocycles. The highest BCUT2D eigenvalue weighted by Crippen LogP contribution is 2.38. The lowest BCUT2D eigenvalue weighted by Crippen LogP contribution is -2.32. The van der Waals surface area contributed by atoms with Crippen molar-refractivity contribution in [1.82, 2.24) is 5.43 Å². The van der Waals surface area contributed by atoms with E-state index in [0.717, 1.165) is 52.5 Å². The fraction of sp³-hybridized carbons (Fsp3) is 0.217. The third kappa shape index (κ3) is 4.34. The molecule has 158 valence electrons. The molecule has 0 spiro atoms. The number of hydrazone groups is 1. The molecule has 2 N–H and O–H groups in total. The Balaban J connectivity index is 1.47. The minimum atomic E-state index is -0.918. The zero-order valence-corrected chi connectivity index (χ0v) is 17.8. The normalized spacial score (nSPS) is 13.1. The molecule has 0 unspecified atom stereocenters. The summed E-state index contributed by atoms with van der Waals surface area (Å²) in [4.78, 5) is 38.0. The Morgan fingerprint density at radius 3 is 2.65 bits per heavy atom. The van der Waals surface area contributed by atoms with Crippen molar-refractivity contribution in [1.29, 1.82) is 0 Å². The van der Waals surface area contributed by atoms with E-state index in [1.807, 2.05) is 42.5 Å². The van der Waals surface area contributed by atoms with Crippen LogP contribution in [-0.2, 0) is 27.2 Å².